The van der Waals surface area contributed by atoms with Crippen molar-refractivity contribution in [2.24, 2.45) is 0 Å². The summed E-state index contributed by atoms with van der Waals surface area (Å²) in [6, 6.07) is 13.7. The van der Waals surface area contributed by atoms with Crippen LogP contribution in [0.15, 0.2) is 42.5 Å². The molecule has 1 heterocycles. The lowest BCUT2D eigenvalue weighted by Gasteiger charge is -2.37. The smallest absolute Gasteiger partial charge is 0.410 e. The van der Waals surface area contributed by atoms with Gasteiger partial charge in [0.15, 0.2) is 0 Å². The summed E-state index contributed by atoms with van der Waals surface area (Å²) in [6.45, 7) is 7.10. The number of carbonyl (C=O) groups excluding carboxylic acids is 1. The van der Waals surface area contributed by atoms with E-state index >= 15 is 0 Å². The second-order valence-electron chi connectivity index (χ2n) is 8.39. The molecule has 0 radical (unpaired) electrons. The molecule has 0 aromatic heterocycles. The van der Waals surface area contributed by atoms with Crippen LogP contribution in [0.5, 0.6) is 11.5 Å². The highest BCUT2D eigenvalue weighted by Gasteiger charge is 2.33. The van der Waals surface area contributed by atoms with Gasteiger partial charge >= 0.3 is 6.09 Å². The minimum Gasteiger partial charge on any atom is -0.497 e. The highest BCUT2D eigenvalue weighted by molar-refractivity contribution is 5.69. The van der Waals surface area contributed by atoms with Crippen molar-refractivity contribution in [3.8, 4) is 11.5 Å². The van der Waals surface area contributed by atoms with Crippen molar-refractivity contribution in [1.29, 1.82) is 0 Å². The Bertz CT molecular complexity index is 857. The number of carbonyl (C=O) groups is 1. The first-order valence-electron chi connectivity index (χ1n) is 10.2. The van der Waals surface area contributed by atoms with Crippen LogP contribution in [0.2, 0.25) is 0 Å². The fourth-order valence-corrected chi connectivity index (χ4v) is 3.54. The zero-order valence-electron chi connectivity index (χ0n) is 18.4. The average Bonchev–Trinajstić information content (AvgIpc) is 2.71. The molecule has 0 spiro atoms. The van der Waals surface area contributed by atoms with E-state index < -0.39 is 5.60 Å². The molecule has 1 amide bonds. The second kappa shape index (κ2) is 9.39. The number of hydrogen-bond donors (Lipinski definition) is 0. The van der Waals surface area contributed by atoms with Crippen LogP contribution < -0.4 is 9.47 Å². The summed E-state index contributed by atoms with van der Waals surface area (Å²) in [4.78, 5) is 14.5. The molecule has 1 atom stereocenters. The fourth-order valence-electron chi connectivity index (χ4n) is 3.54. The fraction of sp³-hybridized carbons (Fsp3) is 0.458. The van der Waals surface area contributed by atoms with Crippen LogP contribution in [0.3, 0.4) is 0 Å². The average molecular weight is 414 g/mol. The van der Waals surface area contributed by atoms with E-state index in [9.17, 15) is 4.79 Å². The van der Waals surface area contributed by atoms with Crippen LogP contribution in [-0.4, -0.2) is 44.0 Å². The molecular formula is C24H31NO5. The number of fused-ring (bicyclic) bond motifs is 1. The number of amides is 1. The van der Waals surface area contributed by atoms with Crippen LogP contribution in [0, 0.1) is 0 Å². The van der Waals surface area contributed by atoms with Gasteiger partial charge in [0.25, 0.3) is 0 Å². The van der Waals surface area contributed by atoms with Crippen LogP contribution in [0.4, 0.5) is 4.79 Å². The highest BCUT2D eigenvalue weighted by atomic mass is 16.6. The number of benzene rings is 2. The van der Waals surface area contributed by atoms with Crippen molar-refractivity contribution in [3.63, 3.8) is 0 Å². The normalized spacial score (nSPS) is 16.0. The minimum absolute atomic E-state index is 0.177. The number of hydrogen-bond acceptors (Lipinski definition) is 5. The molecule has 1 aliphatic rings. The van der Waals surface area contributed by atoms with E-state index in [1.807, 2.05) is 57.2 Å². The Labute approximate surface area is 178 Å². The Balaban J connectivity index is 1.72. The zero-order chi connectivity index (χ0) is 21.7. The Hall–Kier alpha value is -2.73. The maximum absolute atomic E-state index is 12.7. The first-order valence-corrected chi connectivity index (χ1v) is 10.2. The first kappa shape index (κ1) is 22.0. The number of ether oxygens (including phenoxy) is 4. The summed E-state index contributed by atoms with van der Waals surface area (Å²) >= 11 is 0. The molecule has 0 unspecified atom stereocenters. The van der Waals surface area contributed by atoms with Gasteiger partial charge < -0.3 is 18.9 Å². The van der Waals surface area contributed by atoms with Crippen molar-refractivity contribution in [2.45, 2.75) is 45.4 Å². The molecule has 2 aromatic carbocycles. The maximum atomic E-state index is 12.7. The largest absolute Gasteiger partial charge is 0.497 e. The predicted octanol–water partition coefficient (Wildman–Crippen LogP) is 4.75. The lowest BCUT2D eigenvalue weighted by atomic mass is 9.93. The molecule has 6 nitrogen and oxygen atoms in total. The number of methoxy groups -OCH3 is 2. The van der Waals surface area contributed by atoms with E-state index in [2.05, 4.69) is 6.07 Å². The lowest BCUT2D eigenvalue weighted by Crippen LogP contribution is -2.44. The summed E-state index contributed by atoms with van der Waals surface area (Å²) < 4.78 is 22.2. The molecule has 6 heteroatoms. The van der Waals surface area contributed by atoms with Gasteiger partial charge in [-0.15, -0.1) is 0 Å². The topological polar surface area (TPSA) is 57.2 Å². The molecule has 0 bridgehead atoms. The molecule has 3 rings (SSSR count). The third-order valence-electron chi connectivity index (χ3n) is 4.99. The van der Waals surface area contributed by atoms with Crippen molar-refractivity contribution in [2.75, 3.05) is 27.4 Å². The summed E-state index contributed by atoms with van der Waals surface area (Å²) in [7, 11) is 3.30. The van der Waals surface area contributed by atoms with E-state index in [1.165, 1.54) is 5.56 Å². The highest BCUT2D eigenvalue weighted by Crippen LogP contribution is 2.33. The summed E-state index contributed by atoms with van der Waals surface area (Å²) in [5.74, 6) is 1.64. The molecule has 0 fully saturated rings. The molecule has 0 saturated carbocycles. The quantitative estimate of drug-likeness (QED) is 0.684. The number of rotatable bonds is 6. The monoisotopic (exact) mass is 413 g/mol. The van der Waals surface area contributed by atoms with E-state index in [1.54, 1.807) is 19.1 Å². The van der Waals surface area contributed by atoms with Crippen molar-refractivity contribution >= 4 is 6.09 Å². The van der Waals surface area contributed by atoms with Crippen molar-refractivity contribution in [1.82, 2.24) is 4.90 Å². The van der Waals surface area contributed by atoms with E-state index in [4.69, 9.17) is 18.9 Å². The molecule has 0 aliphatic carbocycles. The third kappa shape index (κ3) is 5.45. The Morgan fingerprint density at radius 1 is 1.07 bits per heavy atom. The van der Waals surface area contributed by atoms with Gasteiger partial charge in [-0.25, -0.2) is 4.79 Å². The van der Waals surface area contributed by atoms with Gasteiger partial charge in [-0.05, 0) is 68.1 Å². The van der Waals surface area contributed by atoms with Crippen LogP contribution in [0.1, 0.15) is 43.5 Å². The van der Waals surface area contributed by atoms with Crippen molar-refractivity contribution < 1.29 is 23.7 Å². The van der Waals surface area contributed by atoms with E-state index in [0.29, 0.717) is 19.8 Å². The standard InChI is InChI=1S/C24H31NO5/c1-24(2,3)30-23(26)25-13-12-18-14-20(10-11-21(18)22(25)16-27-4)29-15-17-6-8-19(28-5)9-7-17/h6-11,14,22H,12-13,15-16H2,1-5H3/t22-/m0/s1. The molecular weight excluding hydrogens is 382 g/mol. The van der Waals surface area contributed by atoms with Gasteiger partial charge in [-0.3, -0.25) is 4.90 Å². The summed E-state index contributed by atoms with van der Waals surface area (Å²) in [5, 5.41) is 0. The van der Waals surface area contributed by atoms with Crippen LogP contribution in [-0.2, 0) is 22.5 Å². The Morgan fingerprint density at radius 2 is 1.77 bits per heavy atom. The number of nitrogens with zero attached hydrogens (tertiary/aromatic N) is 1. The van der Waals surface area contributed by atoms with Gasteiger partial charge in [0.1, 0.15) is 23.7 Å². The minimum atomic E-state index is -0.534. The molecule has 162 valence electrons. The van der Waals surface area contributed by atoms with Gasteiger partial charge in [-0.2, -0.15) is 0 Å². The first-order chi connectivity index (χ1) is 14.3. The molecule has 2 aromatic rings. The SMILES string of the molecule is COC[C@H]1c2ccc(OCc3ccc(OC)cc3)cc2CCN1C(=O)OC(C)(C)C. The lowest BCUT2D eigenvalue weighted by molar-refractivity contribution is 0.00323. The summed E-state index contributed by atoms with van der Waals surface area (Å²) in [5.41, 5.74) is 2.78. The molecule has 30 heavy (non-hydrogen) atoms. The van der Waals surface area contributed by atoms with Gasteiger partial charge in [0.05, 0.1) is 19.8 Å². The molecule has 0 N–H and O–H groups in total. The zero-order valence-corrected chi connectivity index (χ0v) is 18.4. The second-order valence-corrected chi connectivity index (χ2v) is 8.39. The van der Waals surface area contributed by atoms with Gasteiger partial charge in [0.2, 0.25) is 0 Å². The summed E-state index contributed by atoms with van der Waals surface area (Å²) in [6.07, 6.45) is 0.434. The maximum Gasteiger partial charge on any atom is 0.410 e. The Morgan fingerprint density at radius 3 is 2.40 bits per heavy atom. The molecule has 1 aliphatic heterocycles. The third-order valence-corrected chi connectivity index (χ3v) is 4.99. The van der Waals surface area contributed by atoms with Gasteiger partial charge in [0, 0.05) is 13.7 Å². The molecule has 0 saturated heterocycles. The predicted molar refractivity (Wildman–Crippen MR) is 115 cm³/mol. The van der Waals surface area contributed by atoms with Crippen LogP contribution in [0.25, 0.3) is 0 Å². The van der Waals surface area contributed by atoms with Crippen molar-refractivity contribution in [3.05, 3.63) is 59.2 Å². The van der Waals surface area contributed by atoms with Crippen LogP contribution >= 0.6 is 0 Å². The Kier molecular flexibility index (Phi) is 6.87. The van der Waals surface area contributed by atoms with Gasteiger partial charge in [-0.1, -0.05) is 18.2 Å². The van der Waals surface area contributed by atoms with E-state index in [-0.39, 0.29) is 12.1 Å². The van der Waals surface area contributed by atoms with E-state index in [0.717, 1.165) is 29.0 Å².